The number of hydrogen-bond acceptors (Lipinski definition) is 4. The first kappa shape index (κ1) is 9.52. The highest BCUT2D eigenvalue weighted by molar-refractivity contribution is 7.78. The Morgan fingerprint density at radius 2 is 2.25 bits per heavy atom. The van der Waals surface area contributed by atoms with Gasteiger partial charge in [0.15, 0.2) is 0 Å². The Morgan fingerprint density at radius 3 is 2.67 bits per heavy atom. The highest BCUT2D eigenvalue weighted by Gasteiger charge is 2.16. The van der Waals surface area contributed by atoms with E-state index in [1.54, 1.807) is 0 Å². The number of isothiocyanates is 1. The number of thiazole rings is 1. The standard InChI is InChI=1S/C8H10N2S2/c1-8(2,3)6-4-12-7(10-6)9-5-11/h4H,1-3H3. The van der Waals surface area contributed by atoms with E-state index in [0.29, 0.717) is 5.13 Å². The molecule has 4 heteroatoms. The topological polar surface area (TPSA) is 25.2 Å². The van der Waals surface area contributed by atoms with Crippen molar-refractivity contribution in [3.63, 3.8) is 0 Å². The van der Waals surface area contributed by atoms with Gasteiger partial charge in [0, 0.05) is 10.8 Å². The van der Waals surface area contributed by atoms with Gasteiger partial charge < -0.3 is 0 Å². The Labute approximate surface area is 81.4 Å². The highest BCUT2D eigenvalue weighted by Crippen LogP contribution is 2.27. The maximum absolute atomic E-state index is 4.49. The molecule has 1 rings (SSSR count). The third-order valence-electron chi connectivity index (χ3n) is 1.40. The molecule has 0 aliphatic rings. The van der Waals surface area contributed by atoms with Crippen LogP contribution in [0.3, 0.4) is 0 Å². The molecule has 0 atom stereocenters. The molecule has 0 spiro atoms. The summed E-state index contributed by atoms with van der Waals surface area (Å²) in [5.74, 6) is 0. The van der Waals surface area contributed by atoms with E-state index in [-0.39, 0.29) is 5.41 Å². The van der Waals surface area contributed by atoms with Crippen LogP contribution in [-0.2, 0) is 5.41 Å². The summed E-state index contributed by atoms with van der Waals surface area (Å²) in [5, 5.41) is 5.00. The predicted molar refractivity (Wildman–Crippen MR) is 55.5 cm³/mol. The van der Waals surface area contributed by atoms with E-state index < -0.39 is 0 Å². The van der Waals surface area contributed by atoms with Crippen LogP contribution < -0.4 is 0 Å². The fourth-order valence-electron chi connectivity index (χ4n) is 0.699. The Kier molecular flexibility index (Phi) is 2.73. The van der Waals surface area contributed by atoms with Gasteiger partial charge in [0.2, 0.25) is 5.13 Å². The lowest BCUT2D eigenvalue weighted by Crippen LogP contribution is -2.10. The van der Waals surface area contributed by atoms with Crippen molar-refractivity contribution < 1.29 is 0 Å². The van der Waals surface area contributed by atoms with E-state index in [1.165, 1.54) is 11.3 Å². The first-order chi connectivity index (χ1) is 5.54. The molecule has 0 bridgehead atoms. The van der Waals surface area contributed by atoms with Crippen molar-refractivity contribution in [3.05, 3.63) is 11.1 Å². The van der Waals surface area contributed by atoms with Gasteiger partial charge in [0.25, 0.3) is 0 Å². The number of thiocarbonyl (C=S) groups is 1. The monoisotopic (exact) mass is 198 g/mol. The third kappa shape index (κ3) is 2.21. The minimum atomic E-state index is 0.0890. The number of aliphatic imine (C=N–C) groups is 1. The molecule has 64 valence electrons. The largest absolute Gasteiger partial charge is 0.222 e. The Hall–Kier alpha value is -0.570. The van der Waals surface area contributed by atoms with E-state index in [4.69, 9.17) is 0 Å². The van der Waals surface area contributed by atoms with Crippen LogP contribution in [0.1, 0.15) is 26.5 Å². The number of rotatable bonds is 1. The lowest BCUT2D eigenvalue weighted by Gasteiger charge is -2.13. The van der Waals surface area contributed by atoms with Crippen LogP contribution in [0.5, 0.6) is 0 Å². The Bertz CT molecular complexity index is 316. The van der Waals surface area contributed by atoms with Crippen molar-refractivity contribution in [2.75, 3.05) is 0 Å². The normalized spacial score (nSPS) is 10.9. The maximum atomic E-state index is 4.49. The zero-order chi connectivity index (χ0) is 9.19. The maximum Gasteiger partial charge on any atom is 0.218 e. The fraction of sp³-hybridized carbons (Fsp3) is 0.500. The van der Waals surface area contributed by atoms with E-state index in [2.05, 4.69) is 48.1 Å². The van der Waals surface area contributed by atoms with Crippen molar-refractivity contribution in [2.24, 2.45) is 4.99 Å². The molecule has 0 saturated carbocycles. The van der Waals surface area contributed by atoms with Crippen molar-refractivity contribution >= 4 is 33.8 Å². The summed E-state index contributed by atoms with van der Waals surface area (Å²) in [4.78, 5) is 8.11. The summed E-state index contributed by atoms with van der Waals surface area (Å²) >= 11 is 5.98. The number of aromatic nitrogens is 1. The van der Waals surface area contributed by atoms with E-state index >= 15 is 0 Å². The van der Waals surface area contributed by atoms with Gasteiger partial charge in [-0.3, -0.25) is 0 Å². The highest BCUT2D eigenvalue weighted by atomic mass is 32.1. The molecule has 0 radical (unpaired) electrons. The molecule has 1 aromatic rings. The lowest BCUT2D eigenvalue weighted by atomic mass is 9.93. The minimum Gasteiger partial charge on any atom is -0.222 e. The second kappa shape index (κ2) is 3.44. The van der Waals surface area contributed by atoms with Crippen LogP contribution in [0.15, 0.2) is 10.4 Å². The van der Waals surface area contributed by atoms with Crippen molar-refractivity contribution in [2.45, 2.75) is 26.2 Å². The van der Waals surface area contributed by atoms with Crippen molar-refractivity contribution in [1.82, 2.24) is 4.98 Å². The molecule has 1 aromatic heterocycles. The second-order valence-electron chi connectivity index (χ2n) is 3.47. The van der Waals surface area contributed by atoms with Gasteiger partial charge in [-0.2, -0.15) is 4.99 Å². The molecule has 12 heavy (non-hydrogen) atoms. The van der Waals surface area contributed by atoms with Gasteiger partial charge in [-0.05, 0) is 12.2 Å². The zero-order valence-electron chi connectivity index (χ0n) is 7.29. The van der Waals surface area contributed by atoms with Gasteiger partial charge in [0.1, 0.15) is 0 Å². The number of hydrogen-bond donors (Lipinski definition) is 0. The molecule has 0 saturated heterocycles. The SMILES string of the molecule is CC(C)(C)c1csc(N=C=S)n1. The fourth-order valence-corrected chi connectivity index (χ4v) is 1.72. The summed E-state index contributed by atoms with van der Waals surface area (Å²) in [6, 6.07) is 0. The molecule has 0 fully saturated rings. The molecular weight excluding hydrogens is 188 g/mol. The van der Waals surface area contributed by atoms with E-state index in [0.717, 1.165) is 5.69 Å². The summed E-state index contributed by atoms with van der Waals surface area (Å²) in [7, 11) is 0. The first-order valence-electron chi connectivity index (χ1n) is 3.58. The minimum absolute atomic E-state index is 0.0890. The van der Waals surface area contributed by atoms with Crippen LogP contribution in [0.4, 0.5) is 5.13 Å². The molecule has 1 heterocycles. The quantitative estimate of drug-likeness (QED) is 0.511. The summed E-state index contributed by atoms with van der Waals surface area (Å²) < 4.78 is 0. The first-order valence-corrected chi connectivity index (χ1v) is 4.86. The average Bonchev–Trinajstić information content (AvgIpc) is 2.35. The van der Waals surface area contributed by atoms with Crippen LogP contribution in [0.25, 0.3) is 0 Å². The van der Waals surface area contributed by atoms with Crippen LogP contribution >= 0.6 is 23.6 Å². The second-order valence-corrected chi connectivity index (χ2v) is 4.49. The van der Waals surface area contributed by atoms with Gasteiger partial charge in [0.05, 0.1) is 10.9 Å². The molecule has 0 N–H and O–H groups in total. The van der Waals surface area contributed by atoms with Gasteiger partial charge >= 0.3 is 0 Å². The Balaban J connectivity index is 2.99. The zero-order valence-corrected chi connectivity index (χ0v) is 8.92. The summed E-state index contributed by atoms with van der Waals surface area (Å²) in [6.07, 6.45) is 0. The molecule has 2 nitrogen and oxygen atoms in total. The molecule has 0 unspecified atom stereocenters. The van der Waals surface area contributed by atoms with Gasteiger partial charge in [-0.15, -0.1) is 11.3 Å². The molecule has 0 amide bonds. The smallest absolute Gasteiger partial charge is 0.218 e. The van der Waals surface area contributed by atoms with E-state index in [1.807, 2.05) is 5.38 Å². The van der Waals surface area contributed by atoms with Crippen LogP contribution in [-0.4, -0.2) is 10.1 Å². The predicted octanol–water partition coefficient (Wildman–Crippen LogP) is 3.17. The average molecular weight is 198 g/mol. The van der Waals surface area contributed by atoms with Crippen molar-refractivity contribution in [1.29, 1.82) is 0 Å². The molecule has 0 aromatic carbocycles. The molecule has 0 aliphatic carbocycles. The van der Waals surface area contributed by atoms with Gasteiger partial charge in [-0.25, -0.2) is 4.98 Å². The summed E-state index contributed by atoms with van der Waals surface area (Å²) in [5.41, 5.74) is 1.14. The van der Waals surface area contributed by atoms with Crippen LogP contribution in [0, 0.1) is 0 Å². The number of nitrogens with zero attached hydrogens (tertiary/aromatic N) is 2. The lowest BCUT2D eigenvalue weighted by molar-refractivity contribution is 0.573. The Morgan fingerprint density at radius 1 is 1.58 bits per heavy atom. The van der Waals surface area contributed by atoms with Gasteiger partial charge in [-0.1, -0.05) is 20.8 Å². The molecule has 0 aliphatic heterocycles. The third-order valence-corrected chi connectivity index (χ3v) is 2.23. The van der Waals surface area contributed by atoms with Crippen LogP contribution in [0.2, 0.25) is 0 Å². The van der Waals surface area contributed by atoms with E-state index in [9.17, 15) is 0 Å². The van der Waals surface area contributed by atoms with Crippen molar-refractivity contribution in [3.8, 4) is 0 Å². The summed E-state index contributed by atoms with van der Waals surface area (Å²) in [6.45, 7) is 6.35. The molecular formula is C8H10N2S2.